The van der Waals surface area contributed by atoms with Gasteiger partial charge in [0.25, 0.3) is 5.91 Å². The molecule has 1 aliphatic rings. The van der Waals surface area contributed by atoms with Gasteiger partial charge in [0, 0.05) is 31.6 Å². The summed E-state index contributed by atoms with van der Waals surface area (Å²) in [6.07, 6.45) is 0. The first-order valence-electron chi connectivity index (χ1n) is 9.47. The van der Waals surface area contributed by atoms with Crippen LogP contribution in [0.5, 0.6) is 5.75 Å². The Bertz CT molecular complexity index is 1080. The van der Waals surface area contributed by atoms with Gasteiger partial charge in [0.15, 0.2) is 0 Å². The Kier molecular flexibility index (Phi) is 5.15. The minimum absolute atomic E-state index is 0.00302. The lowest BCUT2D eigenvalue weighted by molar-refractivity contribution is 0.0604. The highest BCUT2D eigenvalue weighted by Crippen LogP contribution is 2.30. The highest BCUT2D eigenvalue weighted by Gasteiger charge is 2.28. The molecule has 0 aromatic heterocycles. The molecule has 0 spiro atoms. The van der Waals surface area contributed by atoms with E-state index in [0.29, 0.717) is 31.6 Å². The molecule has 3 aromatic rings. The molecule has 1 atom stereocenters. The molecule has 1 saturated heterocycles. The minimum atomic E-state index is -0.484. The van der Waals surface area contributed by atoms with Crippen LogP contribution >= 0.6 is 0 Å². The molecule has 3 aromatic carbocycles. The average Bonchev–Trinajstić information content (AvgIpc) is 2.76. The standard InChI is InChI=1S/C23H20FN3O2/c24-18-8-5-17(6-9-18)21(15-25)26-11-13-27(14-12-26)23(29)20-10-7-16-3-1-2-4-19(16)22(20)28/h1-10,21,28H,11-14H2/t21-/m1/s1. The van der Waals surface area contributed by atoms with E-state index < -0.39 is 6.04 Å². The van der Waals surface area contributed by atoms with Crippen molar-refractivity contribution in [3.8, 4) is 11.8 Å². The number of nitriles is 1. The average molecular weight is 389 g/mol. The Hall–Kier alpha value is -3.43. The number of carbonyl (C=O) groups is 1. The van der Waals surface area contributed by atoms with Gasteiger partial charge < -0.3 is 10.0 Å². The summed E-state index contributed by atoms with van der Waals surface area (Å²) in [6, 6.07) is 18.6. The molecule has 0 aliphatic carbocycles. The van der Waals surface area contributed by atoms with Crippen LogP contribution in [-0.2, 0) is 0 Å². The highest BCUT2D eigenvalue weighted by atomic mass is 19.1. The quantitative estimate of drug-likeness (QED) is 0.742. The number of phenols is 1. The third-order valence-electron chi connectivity index (χ3n) is 5.41. The summed E-state index contributed by atoms with van der Waals surface area (Å²) in [5, 5.41) is 21.7. The normalized spacial score (nSPS) is 15.8. The van der Waals surface area contributed by atoms with E-state index in [1.807, 2.05) is 29.2 Å². The third-order valence-corrected chi connectivity index (χ3v) is 5.41. The van der Waals surface area contributed by atoms with Gasteiger partial charge >= 0.3 is 0 Å². The zero-order chi connectivity index (χ0) is 20.4. The van der Waals surface area contributed by atoms with Crippen molar-refractivity contribution in [2.75, 3.05) is 26.2 Å². The van der Waals surface area contributed by atoms with Crippen molar-refractivity contribution < 1.29 is 14.3 Å². The SMILES string of the molecule is N#C[C@H](c1ccc(F)cc1)N1CCN(C(=O)c2ccc3ccccc3c2O)CC1. The number of benzene rings is 3. The predicted molar refractivity (Wildman–Crippen MR) is 108 cm³/mol. The Morgan fingerprint density at radius 3 is 2.38 bits per heavy atom. The van der Waals surface area contributed by atoms with Crippen LogP contribution < -0.4 is 0 Å². The summed E-state index contributed by atoms with van der Waals surface area (Å²) in [5.74, 6) is -0.559. The monoisotopic (exact) mass is 389 g/mol. The summed E-state index contributed by atoms with van der Waals surface area (Å²) in [4.78, 5) is 16.6. The molecular weight excluding hydrogens is 369 g/mol. The van der Waals surface area contributed by atoms with Crippen molar-refractivity contribution >= 4 is 16.7 Å². The van der Waals surface area contributed by atoms with Crippen molar-refractivity contribution in [2.45, 2.75) is 6.04 Å². The van der Waals surface area contributed by atoms with Crippen molar-refractivity contribution in [3.05, 3.63) is 77.6 Å². The molecule has 4 rings (SSSR count). The molecule has 0 radical (unpaired) electrons. The molecule has 1 amide bonds. The number of aromatic hydroxyl groups is 1. The fourth-order valence-electron chi connectivity index (χ4n) is 3.79. The van der Waals surface area contributed by atoms with Gasteiger partial charge in [-0.1, -0.05) is 42.5 Å². The Morgan fingerprint density at radius 1 is 1.00 bits per heavy atom. The number of hydrogen-bond acceptors (Lipinski definition) is 4. The van der Waals surface area contributed by atoms with E-state index in [4.69, 9.17) is 0 Å². The number of amides is 1. The zero-order valence-corrected chi connectivity index (χ0v) is 15.8. The summed E-state index contributed by atoms with van der Waals surface area (Å²) in [5.41, 5.74) is 1.02. The second-order valence-corrected chi connectivity index (χ2v) is 7.09. The lowest BCUT2D eigenvalue weighted by Crippen LogP contribution is -2.49. The van der Waals surface area contributed by atoms with Gasteiger partial charge in [-0.2, -0.15) is 5.26 Å². The number of halogens is 1. The number of hydrogen-bond donors (Lipinski definition) is 1. The predicted octanol–water partition coefficient (Wildman–Crippen LogP) is 3.71. The molecule has 0 bridgehead atoms. The van der Waals surface area contributed by atoms with E-state index in [9.17, 15) is 19.6 Å². The van der Waals surface area contributed by atoms with Crippen LogP contribution in [0.1, 0.15) is 22.0 Å². The van der Waals surface area contributed by atoms with E-state index >= 15 is 0 Å². The van der Waals surface area contributed by atoms with Gasteiger partial charge in [0.05, 0.1) is 11.6 Å². The molecule has 5 nitrogen and oxygen atoms in total. The van der Waals surface area contributed by atoms with Crippen molar-refractivity contribution in [1.82, 2.24) is 9.80 Å². The van der Waals surface area contributed by atoms with E-state index in [1.54, 1.807) is 29.2 Å². The van der Waals surface area contributed by atoms with Crippen LogP contribution in [0.4, 0.5) is 4.39 Å². The van der Waals surface area contributed by atoms with E-state index in [1.165, 1.54) is 12.1 Å². The molecule has 29 heavy (non-hydrogen) atoms. The van der Waals surface area contributed by atoms with Crippen LogP contribution in [0, 0.1) is 17.1 Å². The Labute approximate surface area is 168 Å². The highest BCUT2D eigenvalue weighted by molar-refractivity contribution is 6.03. The summed E-state index contributed by atoms with van der Waals surface area (Å²) < 4.78 is 13.2. The van der Waals surface area contributed by atoms with Gasteiger partial charge in [-0.15, -0.1) is 0 Å². The van der Waals surface area contributed by atoms with E-state index in [0.717, 1.165) is 10.9 Å². The number of phenolic OH excluding ortho intramolecular Hbond substituents is 1. The molecular formula is C23H20FN3O2. The number of rotatable bonds is 3. The summed E-state index contributed by atoms with van der Waals surface area (Å²) in [7, 11) is 0. The Morgan fingerprint density at radius 2 is 1.69 bits per heavy atom. The fourth-order valence-corrected chi connectivity index (χ4v) is 3.79. The largest absolute Gasteiger partial charge is 0.506 e. The number of fused-ring (bicyclic) bond motifs is 1. The van der Waals surface area contributed by atoms with Crippen LogP contribution in [0.3, 0.4) is 0 Å². The van der Waals surface area contributed by atoms with Crippen molar-refractivity contribution in [2.24, 2.45) is 0 Å². The lowest BCUT2D eigenvalue weighted by atomic mass is 10.0. The number of piperazine rings is 1. The molecule has 1 N–H and O–H groups in total. The maximum Gasteiger partial charge on any atom is 0.257 e. The van der Waals surface area contributed by atoms with Gasteiger partial charge in [-0.25, -0.2) is 4.39 Å². The molecule has 1 heterocycles. The van der Waals surface area contributed by atoms with Crippen LogP contribution in [-0.4, -0.2) is 47.0 Å². The topological polar surface area (TPSA) is 67.6 Å². The molecule has 146 valence electrons. The smallest absolute Gasteiger partial charge is 0.257 e. The first kappa shape index (κ1) is 18.9. The second kappa shape index (κ2) is 7.90. The number of nitrogens with zero attached hydrogens (tertiary/aromatic N) is 3. The van der Waals surface area contributed by atoms with Crippen LogP contribution in [0.15, 0.2) is 60.7 Å². The first-order chi connectivity index (χ1) is 14.1. The third kappa shape index (κ3) is 3.65. The van der Waals surface area contributed by atoms with Gasteiger partial charge in [0.1, 0.15) is 17.6 Å². The molecule has 1 aliphatic heterocycles. The lowest BCUT2D eigenvalue weighted by Gasteiger charge is -2.37. The Balaban J connectivity index is 1.48. The van der Waals surface area contributed by atoms with E-state index in [-0.39, 0.29) is 23.0 Å². The fraction of sp³-hybridized carbons (Fsp3) is 0.217. The first-order valence-corrected chi connectivity index (χ1v) is 9.47. The maximum absolute atomic E-state index is 13.2. The summed E-state index contributed by atoms with van der Waals surface area (Å²) in [6.45, 7) is 1.94. The molecule has 0 unspecified atom stereocenters. The summed E-state index contributed by atoms with van der Waals surface area (Å²) >= 11 is 0. The molecule has 1 fully saturated rings. The second-order valence-electron chi connectivity index (χ2n) is 7.09. The van der Waals surface area contributed by atoms with Crippen molar-refractivity contribution in [3.63, 3.8) is 0 Å². The minimum Gasteiger partial charge on any atom is -0.506 e. The van der Waals surface area contributed by atoms with Gasteiger partial charge in [-0.05, 0) is 29.1 Å². The zero-order valence-electron chi connectivity index (χ0n) is 15.8. The number of carbonyl (C=O) groups excluding carboxylic acids is 1. The van der Waals surface area contributed by atoms with E-state index in [2.05, 4.69) is 6.07 Å². The van der Waals surface area contributed by atoms with Gasteiger partial charge in [0.2, 0.25) is 0 Å². The molecule has 0 saturated carbocycles. The van der Waals surface area contributed by atoms with Crippen LogP contribution in [0.2, 0.25) is 0 Å². The van der Waals surface area contributed by atoms with Crippen LogP contribution in [0.25, 0.3) is 10.8 Å². The van der Waals surface area contributed by atoms with Crippen molar-refractivity contribution in [1.29, 1.82) is 5.26 Å². The molecule has 6 heteroatoms. The van der Waals surface area contributed by atoms with Gasteiger partial charge in [-0.3, -0.25) is 9.69 Å². The maximum atomic E-state index is 13.2.